The zero-order valence-electron chi connectivity index (χ0n) is 19.0. The van der Waals surface area contributed by atoms with Crippen molar-refractivity contribution in [3.05, 3.63) is 59.1 Å². The van der Waals surface area contributed by atoms with Gasteiger partial charge in [-0.05, 0) is 42.2 Å². The molecule has 2 aromatic carbocycles. The number of nitrogens with one attached hydrogen (secondary N) is 2. The van der Waals surface area contributed by atoms with Gasteiger partial charge in [0.25, 0.3) is 0 Å². The minimum absolute atomic E-state index is 0.0201. The van der Waals surface area contributed by atoms with Gasteiger partial charge in [0.1, 0.15) is 6.04 Å². The number of fused-ring (bicyclic) bond motifs is 1. The number of hydrogen-bond acceptors (Lipinski definition) is 4. The molecule has 1 saturated heterocycles. The molecule has 0 bridgehead atoms. The summed E-state index contributed by atoms with van der Waals surface area (Å²) in [5, 5.41) is 15.6. The van der Waals surface area contributed by atoms with Crippen LogP contribution in [0.2, 0.25) is 5.02 Å². The second kappa shape index (κ2) is 8.41. The van der Waals surface area contributed by atoms with Gasteiger partial charge in [0.2, 0.25) is 11.9 Å². The molecule has 1 fully saturated rings. The first-order chi connectivity index (χ1) is 15.1. The van der Waals surface area contributed by atoms with Gasteiger partial charge in [-0.25, -0.2) is 4.98 Å². The first-order valence-corrected chi connectivity index (χ1v) is 11.5. The van der Waals surface area contributed by atoms with Crippen molar-refractivity contribution in [3.8, 4) is 0 Å². The SMILES string of the molecule is CC(C)[C@@H](Nc1nc2ccccc2[nH]1)C(=O)N1CC[C@](O)(c2ccc(Cl)cc2)C(C)(C)C1. The maximum Gasteiger partial charge on any atom is 0.245 e. The number of nitrogens with zero attached hydrogens (tertiary/aromatic N) is 2. The molecule has 0 radical (unpaired) electrons. The Morgan fingerprint density at radius 3 is 2.50 bits per heavy atom. The quantitative estimate of drug-likeness (QED) is 0.517. The summed E-state index contributed by atoms with van der Waals surface area (Å²) in [6, 6.07) is 14.7. The van der Waals surface area contributed by atoms with Crippen molar-refractivity contribution >= 4 is 34.5 Å². The van der Waals surface area contributed by atoms with Gasteiger partial charge >= 0.3 is 0 Å². The van der Waals surface area contributed by atoms with E-state index in [4.69, 9.17) is 11.6 Å². The molecule has 4 rings (SSSR count). The Balaban J connectivity index is 1.53. The van der Waals surface area contributed by atoms with E-state index in [1.165, 1.54) is 0 Å². The van der Waals surface area contributed by atoms with E-state index in [9.17, 15) is 9.90 Å². The normalized spacial score (nSPS) is 21.7. The van der Waals surface area contributed by atoms with Crippen molar-refractivity contribution in [1.82, 2.24) is 14.9 Å². The molecule has 0 saturated carbocycles. The molecular weight excluding hydrogens is 424 g/mol. The van der Waals surface area contributed by atoms with E-state index >= 15 is 0 Å². The molecule has 170 valence electrons. The Labute approximate surface area is 194 Å². The van der Waals surface area contributed by atoms with Crippen LogP contribution in [0, 0.1) is 11.3 Å². The van der Waals surface area contributed by atoms with Crippen LogP contribution in [0.1, 0.15) is 39.7 Å². The number of aliphatic hydroxyl groups is 1. The number of hydrogen-bond donors (Lipinski definition) is 3. The van der Waals surface area contributed by atoms with Crippen LogP contribution >= 0.6 is 11.6 Å². The third-order valence-electron chi connectivity index (χ3n) is 6.70. The number of H-pyrrole nitrogens is 1. The van der Waals surface area contributed by atoms with Crippen LogP contribution in [-0.4, -0.2) is 45.0 Å². The lowest BCUT2D eigenvalue weighted by Crippen LogP contribution is -2.59. The summed E-state index contributed by atoms with van der Waals surface area (Å²) in [5.41, 5.74) is 1.05. The lowest BCUT2D eigenvalue weighted by atomic mass is 9.66. The van der Waals surface area contributed by atoms with E-state index < -0.39 is 17.1 Å². The lowest BCUT2D eigenvalue weighted by Gasteiger charge is -2.51. The summed E-state index contributed by atoms with van der Waals surface area (Å²) in [5.74, 6) is 0.676. The predicted octanol–water partition coefficient (Wildman–Crippen LogP) is 4.80. The van der Waals surface area contributed by atoms with Crippen LogP contribution < -0.4 is 5.32 Å². The molecule has 3 aromatic rings. The van der Waals surface area contributed by atoms with Crippen molar-refractivity contribution in [2.75, 3.05) is 18.4 Å². The number of halogens is 1. The van der Waals surface area contributed by atoms with Crippen molar-refractivity contribution < 1.29 is 9.90 Å². The minimum atomic E-state index is -1.03. The number of amides is 1. The molecule has 0 aliphatic carbocycles. The van der Waals surface area contributed by atoms with Crippen molar-refractivity contribution in [2.45, 2.75) is 45.8 Å². The van der Waals surface area contributed by atoms with Crippen molar-refractivity contribution in [1.29, 1.82) is 0 Å². The van der Waals surface area contributed by atoms with Gasteiger partial charge in [0, 0.05) is 23.5 Å². The van der Waals surface area contributed by atoms with Gasteiger partial charge in [-0.2, -0.15) is 0 Å². The Kier molecular flexibility index (Phi) is 5.94. The maximum atomic E-state index is 13.6. The molecule has 0 unspecified atom stereocenters. The van der Waals surface area contributed by atoms with Crippen LogP contribution in [0.15, 0.2) is 48.5 Å². The number of carbonyl (C=O) groups excluding carboxylic acids is 1. The van der Waals surface area contributed by atoms with E-state index in [0.717, 1.165) is 16.6 Å². The van der Waals surface area contributed by atoms with E-state index in [-0.39, 0.29) is 11.8 Å². The number of imidazole rings is 1. The van der Waals surface area contributed by atoms with E-state index in [1.54, 1.807) is 12.1 Å². The maximum absolute atomic E-state index is 13.6. The highest BCUT2D eigenvalue weighted by molar-refractivity contribution is 6.30. The molecule has 1 aliphatic rings. The fourth-order valence-electron chi connectivity index (χ4n) is 4.65. The number of aromatic amines is 1. The highest BCUT2D eigenvalue weighted by Crippen LogP contribution is 2.46. The van der Waals surface area contributed by atoms with Crippen LogP contribution in [0.5, 0.6) is 0 Å². The average Bonchev–Trinajstić information content (AvgIpc) is 3.16. The zero-order chi connectivity index (χ0) is 23.1. The Bertz CT molecular complexity index is 1080. The third kappa shape index (κ3) is 4.09. The van der Waals surface area contributed by atoms with Gasteiger partial charge in [-0.1, -0.05) is 63.6 Å². The summed E-state index contributed by atoms with van der Waals surface area (Å²) in [6.07, 6.45) is 0.461. The largest absolute Gasteiger partial charge is 0.384 e. The number of para-hydroxylation sites is 2. The molecule has 1 aromatic heterocycles. The van der Waals surface area contributed by atoms with Crippen LogP contribution in [0.25, 0.3) is 11.0 Å². The zero-order valence-corrected chi connectivity index (χ0v) is 19.8. The topological polar surface area (TPSA) is 81.2 Å². The summed E-state index contributed by atoms with van der Waals surface area (Å²) in [6.45, 7) is 9.01. The number of likely N-dealkylation sites (tertiary alicyclic amines) is 1. The summed E-state index contributed by atoms with van der Waals surface area (Å²) in [4.78, 5) is 23.3. The van der Waals surface area contributed by atoms with E-state index in [0.29, 0.717) is 30.5 Å². The number of carbonyl (C=O) groups is 1. The van der Waals surface area contributed by atoms with Crippen molar-refractivity contribution in [3.63, 3.8) is 0 Å². The molecular formula is C25H31ClN4O2. The number of rotatable bonds is 5. The fourth-order valence-corrected chi connectivity index (χ4v) is 4.78. The molecule has 1 aliphatic heterocycles. The highest BCUT2D eigenvalue weighted by atomic mass is 35.5. The number of aromatic nitrogens is 2. The smallest absolute Gasteiger partial charge is 0.245 e. The number of benzene rings is 2. The molecule has 0 spiro atoms. The second-order valence-corrected chi connectivity index (χ2v) is 10.2. The fraction of sp³-hybridized carbons (Fsp3) is 0.440. The van der Waals surface area contributed by atoms with Gasteiger partial charge in [-0.15, -0.1) is 0 Å². The van der Waals surface area contributed by atoms with Crippen LogP contribution in [-0.2, 0) is 10.4 Å². The van der Waals surface area contributed by atoms with Gasteiger partial charge < -0.3 is 20.3 Å². The highest BCUT2D eigenvalue weighted by Gasteiger charge is 2.50. The summed E-state index contributed by atoms with van der Waals surface area (Å²) < 4.78 is 0. The second-order valence-electron chi connectivity index (χ2n) is 9.73. The monoisotopic (exact) mass is 454 g/mol. The Hall–Kier alpha value is -2.57. The van der Waals surface area contributed by atoms with Crippen LogP contribution in [0.3, 0.4) is 0 Å². The number of piperidine rings is 1. The molecule has 2 heterocycles. The Morgan fingerprint density at radius 2 is 1.88 bits per heavy atom. The minimum Gasteiger partial charge on any atom is -0.384 e. The van der Waals surface area contributed by atoms with Crippen molar-refractivity contribution in [2.24, 2.45) is 11.3 Å². The lowest BCUT2D eigenvalue weighted by molar-refractivity contribution is -0.154. The molecule has 32 heavy (non-hydrogen) atoms. The predicted molar refractivity (Wildman–Crippen MR) is 129 cm³/mol. The standard InChI is InChI=1S/C25H31ClN4O2/c1-16(2)21(29-23-27-19-7-5-6-8-20(19)28-23)22(31)30-14-13-25(32,24(3,4)15-30)17-9-11-18(26)12-10-17/h5-12,16,21,32H,13-15H2,1-4H3,(H2,27,28,29)/t21-,25+/m1/s1. The molecule has 1 amide bonds. The van der Waals surface area contributed by atoms with Gasteiger partial charge in [0.05, 0.1) is 16.6 Å². The molecule has 6 nitrogen and oxygen atoms in total. The van der Waals surface area contributed by atoms with E-state index in [2.05, 4.69) is 15.3 Å². The molecule has 2 atom stereocenters. The summed E-state index contributed by atoms with van der Waals surface area (Å²) >= 11 is 6.04. The first kappa shape index (κ1) is 22.6. The first-order valence-electron chi connectivity index (χ1n) is 11.1. The number of anilines is 1. The van der Waals surface area contributed by atoms with Gasteiger partial charge in [0.15, 0.2) is 0 Å². The van der Waals surface area contributed by atoms with Crippen LogP contribution in [0.4, 0.5) is 5.95 Å². The average molecular weight is 455 g/mol. The molecule has 3 N–H and O–H groups in total. The summed E-state index contributed by atoms with van der Waals surface area (Å²) in [7, 11) is 0. The molecule has 7 heteroatoms. The Morgan fingerprint density at radius 1 is 1.19 bits per heavy atom. The van der Waals surface area contributed by atoms with Gasteiger partial charge in [-0.3, -0.25) is 4.79 Å². The third-order valence-corrected chi connectivity index (χ3v) is 6.95. The van der Waals surface area contributed by atoms with E-state index in [1.807, 2.05) is 69.0 Å².